The van der Waals surface area contributed by atoms with Gasteiger partial charge < -0.3 is 14.2 Å². The van der Waals surface area contributed by atoms with E-state index in [4.69, 9.17) is 14.2 Å². The smallest absolute Gasteiger partial charge is 0.306 e. The SMILES string of the molecule is CCCCCCCCCCCCCCCCCCCCCC(=O)OC[C@@H](COC(=O)CCCCCCCCCCCCCCCCC(C)C)OC(=O)CCCCCCCCC. The highest BCUT2D eigenvalue weighted by Crippen LogP contribution is 2.18. The van der Waals surface area contributed by atoms with E-state index in [2.05, 4.69) is 27.7 Å². The molecule has 0 aromatic carbocycles. The van der Waals surface area contributed by atoms with Crippen molar-refractivity contribution < 1.29 is 28.6 Å². The van der Waals surface area contributed by atoms with Gasteiger partial charge in [-0.05, 0) is 25.2 Å². The first-order valence-electron chi connectivity index (χ1n) is 27.4. The van der Waals surface area contributed by atoms with E-state index < -0.39 is 6.10 Å². The highest BCUT2D eigenvalue weighted by atomic mass is 16.6. The molecule has 6 nitrogen and oxygen atoms in total. The maximum Gasteiger partial charge on any atom is 0.306 e. The maximum atomic E-state index is 12.7. The zero-order valence-electron chi connectivity index (χ0n) is 41.6. The molecule has 362 valence electrons. The molecule has 0 unspecified atom stereocenters. The van der Waals surface area contributed by atoms with E-state index in [0.29, 0.717) is 19.3 Å². The summed E-state index contributed by atoms with van der Waals surface area (Å²) in [5.74, 6) is -0.00341. The van der Waals surface area contributed by atoms with E-state index in [1.54, 1.807) is 0 Å². The summed E-state index contributed by atoms with van der Waals surface area (Å²) < 4.78 is 16.8. The minimum absolute atomic E-state index is 0.0631. The predicted molar refractivity (Wildman–Crippen MR) is 261 cm³/mol. The van der Waals surface area contributed by atoms with Crippen molar-refractivity contribution in [1.29, 1.82) is 0 Å². The van der Waals surface area contributed by atoms with E-state index in [1.165, 1.54) is 205 Å². The van der Waals surface area contributed by atoms with Gasteiger partial charge in [0.05, 0.1) is 0 Å². The second-order valence-corrected chi connectivity index (χ2v) is 19.3. The fraction of sp³-hybridized carbons (Fsp3) is 0.945. The molecular formula is C55H106O6. The van der Waals surface area contributed by atoms with Gasteiger partial charge in [0.25, 0.3) is 0 Å². The summed E-state index contributed by atoms with van der Waals surface area (Å²) in [4.78, 5) is 37.8. The quantitative estimate of drug-likeness (QED) is 0.0344. The van der Waals surface area contributed by atoms with Gasteiger partial charge in [-0.25, -0.2) is 0 Å². The summed E-state index contributed by atoms with van der Waals surface area (Å²) in [6.45, 7) is 9.01. The molecule has 0 spiro atoms. The average molecular weight is 863 g/mol. The number of carbonyl (C=O) groups is 3. The Kier molecular flexibility index (Phi) is 48.1. The lowest BCUT2D eigenvalue weighted by Crippen LogP contribution is -2.30. The average Bonchev–Trinajstić information content (AvgIpc) is 3.24. The maximum absolute atomic E-state index is 12.7. The number of ether oxygens (including phenoxy) is 3. The fourth-order valence-electron chi connectivity index (χ4n) is 8.39. The van der Waals surface area contributed by atoms with Crippen LogP contribution in [-0.4, -0.2) is 37.2 Å². The number of hydrogen-bond donors (Lipinski definition) is 0. The van der Waals surface area contributed by atoms with E-state index in [9.17, 15) is 14.4 Å². The van der Waals surface area contributed by atoms with E-state index in [-0.39, 0.29) is 31.1 Å². The lowest BCUT2D eigenvalue weighted by atomic mass is 10.0. The molecule has 0 aromatic rings. The normalized spacial score (nSPS) is 12.0. The van der Waals surface area contributed by atoms with Crippen LogP contribution in [0.2, 0.25) is 0 Å². The number of unbranched alkanes of at least 4 members (excludes halogenated alkanes) is 37. The topological polar surface area (TPSA) is 78.9 Å². The highest BCUT2D eigenvalue weighted by Gasteiger charge is 2.19. The lowest BCUT2D eigenvalue weighted by molar-refractivity contribution is -0.167. The van der Waals surface area contributed by atoms with E-state index in [1.807, 2.05) is 0 Å². The molecule has 0 aliphatic carbocycles. The Hall–Kier alpha value is -1.59. The summed E-state index contributed by atoms with van der Waals surface area (Å²) in [6.07, 6.45) is 52.5. The largest absolute Gasteiger partial charge is 0.462 e. The van der Waals surface area contributed by atoms with Crippen LogP contribution in [-0.2, 0) is 28.6 Å². The standard InChI is InChI=1S/C55H106O6/c1-5-7-9-11-13-14-15-16-17-18-19-20-21-25-28-31-35-38-42-46-53(56)59-49-52(61-55(58)48-44-40-33-12-10-8-6-2)50-60-54(57)47-43-39-36-32-29-26-23-22-24-27-30-34-37-41-45-51(3)4/h51-52H,5-50H2,1-4H3/t52-/m0/s1. The summed E-state index contributed by atoms with van der Waals surface area (Å²) in [7, 11) is 0. The van der Waals surface area contributed by atoms with Gasteiger partial charge in [0.2, 0.25) is 0 Å². The summed E-state index contributed by atoms with van der Waals surface area (Å²) in [5.41, 5.74) is 0. The predicted octanol–water partition coefficient (Wildman–Crippen LogP) is 17.8. The minimum atomic E-state index is -0.759. The Bertz CT molecular complexity index is 918. The molecule has 0 saturated heterocycles. The zero-order chi connectivity index (χ0) is 44.5. The van der Waals surface area contributed by atoms with Gasteiger partial charge in [-0.2, -0.15) is 0 Å². The Labute approximate surface area is 380 Å². The molecule has 0 rings (SSSR count). The Morgan fingerprint density at radius 3 is 0.803 bits per heavy atom. The molecule has 6 heteroatoms. The number of rotatable bonds is 50. The minimum Gasteiger partial charge on any atom is -0.462 e. The Morgan fingerprint density at radius 1 is 0.311 bits per heavy atom. The van der Waals surface area contributed by atoms with Crippen LogP contribution in [0.25, 0.3) is 0 Å². The van der Waals surface area contributed by atoms with Crippen LogP contribution in [0.15, 0.2) is 0 Å². The van der Waals surface area contributed by atoms with Crippen molar-refractivity contribution in [1.82, 2.24) is 0 Å². The van der Waals surface area contributed by atoms with Gasteiger partial charge in [-0.3, -0.25) is 14.4 Å². The molecule has 61 heavy (non-hydrogen) atoms. The molecule has 1 atom stereocenters. The molecule has 0 aliphatic rings. The van der Waals surface area contributed by atoms with Crippen molar-refractivity contribution in [2.75, 3.05) is 13.2 Å². The van der Waals surface area contributed by atoms with Crippen LogP contribution >= 0.6 is 0 Å². The summed E-state index contributed by atoms with van der Waals surface area (Å²) in [5, 5.41) is 0. The van der Waals surface area contributed by atoms with Gasteiger partial charge in [0, 0.05) is 19.3 Å². The van der Waals surface area contributed by atoms with Crippen molar-refractivity contribution in [2.45, 2.75) is 316 Å². The highest BCUT2D eigenvalue weighted by molar-refractivity contribution is 5.71. The van der Waals surface area contributed by atoms with E-state index in [0.717, 1.165) is 63.7 Å². The van der Waals surface area contributed by atoms with Crippen LogP contribution in [0, 0.1) is 5.92 Å². The molecule has 0 aromatic heterocycles. The summed E-state index contributed by atoms with van der Waals surface area (Å²) >= 11 is 0. The van der Waals surface area contributed by atoms with Crippen molar-refractivity contribution >= 4 is 17.9 Å². The molecule has 0 N–H and O–H groups in total. The van der Waals surface area contributed by atoms with Crippen LogP contribution in [0.4, 0.5) is 0 Å². The molecule has 0 aliphatic heterocycles. The van der Waals surface area contributed by atoms with Gasteiger partial charge in [0.1, 0.15) is 13.2 Å². The number of hydrogen-bond acceptors (Lipinski definition) is 6. The first-order chi connectivity index (χ1) is 29.9. The van der Waals surface area contributed by atoms with Crippen molar-refractivity contribution in [2.24, 2.45) is 5.92 Å². The molecule has 0 amide bonds. The Morgan fingerprint density at radius 2 is 0.541 bits per heavy atom. The van der Waals surface area contributed by atoms with Crippen LogP contribution in [0.1, 0.15) is 310 Å². The van der Waals surface area contributed by atoms with Crippen LogP contribution in [0.5, 0.6) is 0 Å². The fourth-order valence-corrected chi connectivity index (χ4v) is 8.39. The van der Waals surface area contributed by atoms with Gasteiger partial charge in [0.15, 0.2) is 6.10 Å². The third kappa shape index (κ3) is 49.3. The lowest BCUT2D eigenvalue weighted by Gasteiger charge is -2.18. The Balaban J connectivity index is 4.11. The van der Waals surface area contributed by atoms with Gasteiger partial charge in [-0.15, -0.1) is 0 Å². The monoisotopic (exact) mass is 863 g/mol. The van der Waals surface area contributed by atoms with Crippen molar-refractivity contribution in [3.63, 3.8) is 0 Å². The van der Waals surface area contributed by atoms with E-state index >= 15 is 0 Å². The summed E-state index contributed by atoms with van der Waals surface area (Å²) in [6, 6.07) is 0. The molecule has 0 fully saturated rings. The molecule has 0 bridgehead atoms. The molecule has 0 saturated carbocycles. The third-order valence-electron chi connectivity index (χ3n) is 12.5. The molecular weight excluding hydrogens is 757 g/mol. The molecule has 0 radical (unpaired) electrons. The second kappa shape index (κ2) is 49.4. The van der Waals surface area contributed by atoms with Gasteiger partial charge in [-0.1, -0.05) is 272 Å². The second-order valence-electron chi connectivity index (χ2n) is 19.3. The van der Waals surface area contributed by atoms with Crippen molar-refractivity contribution in [3.8, 4) is 0 Å². The first kappa shape index (κ1) is 59.4. The number of esters is 3. The number of carbonyl (C=O) groups excluding carboxylic acids is 3. The van der Waals surface area contributed by atoms with Crippen LogP contribution < -0.4 is 0 Å². The van der Waals surface area contributed by atoms with Crippen LogP contribution in [0.3, 0.4) is 0 Å². The van der Waals surface area contributed by atoms with Gasteiger partial charge >= 0.3 is 17.9 Å². The molecule has 0 heterocycles. The zero-order valence-corrected chi connectivity index (χ0v) is 41.6. The van der Waals surface area contributed by atoms with Crippen molar-refractivity contribution in [3.05, 3.63) is 0 Å². The third-order valence-corrected chi connectivity index (χ3v) is 12.5. The first-order valence-corrected chi connectivity index (χ1v) is 27.4.